The van der Waals surface area contributed by atoms with Gasteiger partial charge in [-0.05, 0) is 64.9 Å². The summed E-state index contributed by atoms with van der Waals surface area (Å²) in [5, 5.41) is 11.5. The summed E-state index contributed by atoms with van der Waals surface area (Å²) >= 11 is 0. The number of furan rings is 1. The highest BCUT2D eigenvalue weighted by Crippen LogP contribution is 2.21. The van der Waals surface area contributed by atoms with Crippen molar-refractivity contribution in [3.05, 3.63) is 41.1 Å². The highest BCUT2D eigenvalue weighted by molar-refractivity contribution is 5.80. The Morgan fingerprint density at radius 1 is 1.28 bits per heavy atom. The van der Waals surface area contributed by atoms with Crippen molar-refractivity contribution >= 4 is 5.96 Å². The van der Waals surface area contributed by atoms with Crippen molar-refractivity contribution in [2.24, 2.45) is 12.0 Å². The molecule has 2 aromatic heterocycles. The van der Waals surface area contributed by atoms with Crippen LogP contribution in [0.25, 0.3) is 0 Å². The molecule has 0 aliphatic rings. The SMILES string of the molecule is CCNC(=NCC(c1ccco1)N(CC)CC)NC(C)Cc1c(C)nn(C)c1C. The Hall–Kier alpha value is -2.28. The van der Waals surface area contributed by atoms with Crippen LogP contribution in [-0.4, -0.2) is 52.9 Å². The van der Waals surface area contributed by atoms with E-state index >= 15 is 0 Å². The maximum Gasteiger partial charge on any atom is 0.191 e. The Morgan fingerprint density at radius 2 is 2.00 bits per heavy atom. The Bertz CT molecular complexity index is 761. The number of aromatic nitrogens is 2. The lowest BCUT2D eigenvalue weighted by atomic mass is 10.1. The van der Waals surface area contributed by atoms with Crippen LogP contribution in [0.2, 0.25) is 0 Å². The maximum absolute atomic E-state index is 5.70. The van der Waals surface area contributed by atoms with Gasteiger partial charge in [-0.15, -0.1) is 0 Å². The zero-order valence-corrected chi connectivity index (χ0v) is 19.1. The molecule has 2 aromatic rings. The first-order chi connectivity index (χ1) is 13.9. The van der Waals surface area contributed by atoms with E-state index in [1.54, 1.807) is 6.26 Å². The molecule has 0 radical (unpaired) electrons. The van der Waals surface area contributed by atoms with Crippen molar-refractivity contribution in [3.8, 4) is 0 Å². The second-order valence-electron chi connectivity index (χ2n) is 7.49. The van der Waals surface area contributed by atoms with Gasteiger partial charge in [0.15, 0.2) is 5.96 Å². The molecule has 2 atom stereocenters. The minimum absolute atomic E-state index is 0.133. The monoisotopic (exact) mass is 402 g/mol. The lowest BCUT2D eigenvalue weighted by Gasteiger charge is -2.27. The fraction of sp³-hybridized carbons (Fsp3) is 0.636. The van der Waals surface area contributed by atoms with E-state index in [9.17, 15) is 0 Å². The first-order valence-electron chi connectivity index (χ1n) is 10.7. The number of likely N-dealkylation sites (N-methyl/N-ethyl adjacent to an activating group) is 1. The van der Waals surface area contributed by atoms with E-state index in [2.05, 4.69) is 62.2 Å². The molecule has 2 heterocycles. The minimum Gasteiger partial charge on any atom is -0.468 e. The average molecular weight is 403 g/mol. The molecule has 162 valence electrons. The number of nitrogens with zero attached hydrogens (tertiary/aromatic N) is 4. The highest BCUT2D eigenvalue weighted by Gasteiger charge is 2.21. The highest BCUT2D eigenvalue weighted by atomic mass is 16.3. The van der Waals surface area contributed by atoms with Crippen LogP contribution in [0.3, 0.4) is 0 Å². The van der Waals surface area contributed by atoms with Crippen LogP contribution in [0.5, 0.6) is 0 Å². The first-order valence-corrected chi connectivity index (χ1v) is 10.7. The van der Waals surface area contributed by atoms with E-state index in [1.807, 2.05) is 23.9 Å². The largest absolute Gasteiger partial charge is 0.468 e. The lowest BCUT2D eigenvalue weighted by molar-refractivity contribution is 0.198. The van der Waals surface area contributed by atoms with Crippen LogP contribution in [0.1, 0.15) is 56.4 Å². The van der Waals surface area contributed by atoms with Crippen LogP contribution < -0.4 is 10.6 Å². The smallest absolute Gasteiger partial charge is 0.191 e. The summed E-state index contributed by atoms with van der Waals surface area (Å²) in [6.07, 6.45) is 2.65. The van der Waals surface area contributed by atoms with Gasteiger partial charge in [-0.3, -0.25) is 14.6 Å². The van der Waals surface area contributed by atoms with Gasteiger partial charge in [-0.25, -0.2) is 0 Å². The van der Waals surface area contributed by atoms with Gasteiger partial charge in [0.25, 0.3) is 0 Å². The third kappa shape index (κ3) is 6.10. The van der Waals surface area contributed by atoms with Gasteiger partial charge in [0.05, 0.1) is 24.5 Å². The molecule has 0 amide bonds. The Balaban J connectivity index is 2.11. The summed E-state index contributed by atoms with van der Waals surface area (Å²) in [6, 6.07) is 4.35. The van der Waals surface area contributed by atoms with Gasteiger partial charge in [0.1, 0.15) is 5.76 Å². The molecule has 0 aliphatic carbocycles. The second-order valence-corrected chi connectivity index (χ2v) is 7.49. The van der Waals surface area contributed by atoms with Crippen molar-refractivity contribution in [3.63, 3.8) is 0 Å². The zero-order valence-electron chi connectivity index (χ0n) is 19.1. The predicted octanol–water partition coefficient (Wildman–Crippen LogP) is 3.20. The van der Waals surface area contributed by atoms with Crippen molar-refractivity contribution in [1.29, 1.82) is 0 Å². The summed E-state index contributed by atoms with van der Waals surface area (Å²) < 4.78 is 7.65. The maximum atomic E-state index is 5.70. The number of nitrogens with one attached hydrogen (secondary N) is 2. The molecule has 2 unspecified atom stereocenters. The Morgan fingerprint density at radius 3 is 2.52 bits per heavy atom. The summed E-state index contributed by atoms with van der Waals surface area (Å²) in [5.74, 6) is 1.80. The molecule has 7 nitrogen and oxygen atoms in total. The minimum atomic E-state index is 0.133. The van der Waals surface area contributed by atoms with Crippen LogP contribution in [0.4, 0.5) is 0 Å². The van der Waals surface area contributed by atoms with Gasteiger partial charge in [0.2, 0.25) is 0 Å². The van der Waals surface area contributed by atoms with Gasteiger partial charge in [-0.2, -0.15) is 5.10 Å². The van der Waals surface area contributed by atoms with Crippen LogP contribution in [-0.2, 0) is 13.5 Å². The number of rotatable bonds is 10. The Labute approximate surface area is 175 Å². The third-order valence-corrected chi connectivity index (χ3v) is 5.44. The molecule has 0 bridgehead atoms. The molecule has 0 aromatic carbocycles. The first kappa shape index (κ1) is 23.0. The number of hydrogen-bond acceptors (Lipinski definition) is 4. The summed E-state index contributed by atoms with van der Waals surface area (Å²) in [5.41, 5.74) is 3.62. The molecular weight excluding hydrogens is 364 g/mol. The number of aliphatic imine (C=N–C) groups is 1. The molecule has 0 saturated heterocycles. The Kier molecular flexibility index (Phi) is 8.76. The van der Waals surface area contributed by atoms with Gasteiger partial charge in [0, 0.05) is 25.3 Å². The summed E-state index contributed by atoms with van der Waals surface area (Å²) in [7, 11) is 2.00. The second kappa shape index (κ2) is 11.0. The van der Waals surface area contributed by atoms with Crippen LogP contribution in [0.15, 0.2) is 27.8 Å². The fourth-order valence-corrected chi connectivity index (χ4v) is 3.73. The number of hydrogen-bond donors (Lipinski definition) is 2. The molecule has 29 heavy (non-hydrogen) atoms. The van der Waals surface area contributed by atoms with E-state index in [-0.39, 0.29) is 12.1 Å². The zero-order chi connectivity index (χ0) is 21.4. The third-order valence-electron chi connectivity index (χ3n) is 5.44. The number of guanidine groups is 1. The van der Waals surface area contributed by atoms with Crippen molar-refractivity contribution in [2.75, 3.05) is 26.2 Å². The molecule has 7 heteroatoms. The van der Waals surface area contributed by atoms with Gasteiger partial charge < -0.3 is 15.1 Å². The summed E-state index contributed by atoms with van der Waals surface area (Å²) in [6.45, 7) is 16.2. The predicted molar refractivity (Wildman–Crippen MR) is 119 cm³/mol. The quantitative estimate of drug-likeness (QED) is 0.472. The normalized spacial score (nSPS) is 14.3. The van der Waals surface area contributed by atoms with Gasteiger partial charge in [-0.1, -0.05) is 13.8 Å². The van der Waals surface area contributed by atoms with Gasteiger partial charge >= 0.3 is 0 Å². The average Bonchev–Trinajstić information content (AvgIpc) is 3.30. The number of aryl methyl sites for hydroxylation is 2. The molecule has 0 fully saturated rings. The van der Waals surface area contributed by atoms with Crippen molar-refractivity contribution in [1.82, 2.24) is 25.3 Å². The van der Waals surface area contributed by atoms with Crippen molar-refractivity contribution < 1.29 is 4.42 Å². The summed E-state index contributed by atoms with van der Waals surface area (Å²) in [4.78, 5) is 7.26. The fourth-order valence-electron chi connectivity index (χ4n) is 3.73. The standard InChI is InChI=1S/C22H38N6O/c1-8-23-22(25-16(4)14-19-17(5)26-27(7)18(19)6)24-15-20(28(9-2)10-3)21-12-11-13-29-21/h11-13,16,20H,8-10,14-15H2,1-7H3,(H2,23,24,25). The van der Waals surface area contributed by atoms with E-state index in [1.165, 1.54) is 11.3 Å². The molecule has 0 spiro atoms. The van der Waals surface area contributed by atoms with Crippen LogP contribution in [0, 0.1) is 13.8 Å². The molecule has 0 saturated carbocycles. The van der Waals surface area contributed by atoms with E-state index < -0.39 is 0 Å². The van der Waals surface area contributed by atoms with Crippen LogP contribution >= 0.6 is 0 Å². The van der Waals surface area contributed by atoms with E-state index in [4.69, 9.17) is 9.41 Å². The van der Waals surface area contributed by atoms with E-state index in [0.29, 0.717) is 6.54 Å². The lowest BCUT2D eigenvalue weighted by Crippen LogP contribution is -2.43. The molecule has 0 aliphatic heterocycles. The molecular formula is C22H38N6O. The topological polar surface area (TPSA) is 70.6 Å². The molecule has 2 N–H and O–H groups in total. The molecule has 2 rings (SSSR count). The van der Waals surface area contributed by atoms with E-state index in [0.717, 1.165) is 43.5 Å². The van der Waals surface area contributed by atoms with Crippen molar-refractivity contribution in [2.45, 2.75) is 60.0 Å².